The lowest BCUT2D eigenvalue weighted by Crippen LogP contribution is -2.65. The molecule has 2 nitrogen and oxygen atoms in total. The summed E-state index contributed by atoms with van der Waals surface area (Å²) in [5.74, 6) is 0.376. The predicted molar refractivity (Wildman–Crippen MR) is 170 cm³/mol. The molecule has 0 bridgehead atoms. The van der Waals surface area contributed by atoms with Crippen LogP contribution in [-0.2, 0) is 0 Å². The fourth-order valence-corrected chi connectivity index (χ4v) is 8.23. The van der Waals surface area contributed by atoms with Crippen LogP contribution in [0.5, 0.6) is 0 Å². The highest BCUT2D eigenvalue weighted by molar-refractivity contribution is 6.87. The van der Waals surface area contributed by atoms with Crippen molar-refractivity contribution in [3.05, 3.63) is 156 Å². The van der Waals surface area contributed by atoms with Crippen molar-refractivity contribution in [1.29, 1.82) is 0 Å². The van der Waals surface area contributed by atoms with Gasteiger partial charge in [-0.25, -0.2) is 0 Å². The Morgan fingerprint density at radius 2 is 1.32 bits per heavy atom. The van der Waals surface area contributed by atoms with E-state index in [1.165, 1.54) is 44.6 Å². The minimum Gasteiger partial charge on any atom is -0.403 e. The normalized spacial score (nSPS) is 21.7. The summed E-state index contributed by atoms with van der Waals surface area (Å²) in [4.78, 5) is 5.43. The Kier molecular flexibility index (Phi) is 4.78. The molecule has 3 heterocycles. The van der Waals surface area contributed by atoms with E-state index in [1.54, 1.807) is 11.1 Å². The molecule has 4 aromatic rings. The van der Waals surface area contributed by atoms with E-state index in [1.807, 2.05) is 0 Å². The molecule has 0 amide bonds. The summed E-state index contributed by atoms with van der Waals surface area (Å²) in [5, 5.41) is 0. The molecule has 0 radical (unpaired) electrons. The lowest BCUT2D eigenvalue weighted by Gasteiger charge is -2.56. The SMILES string of the molecule is C1=CC2=C3C4=C(C=CCC4N(c4ccccc4)B(c4ccccc4)C3C1)B1c3ccccc3-c3ccccc3N12. The Bertz CT molecular complexity index is 1650. The van der Waals surface area contributed by atoms with Crippen molar-refractivity contribution in [3.8, 4) is 11.1 Å². The number of rotatable bonds is 2. The second-order valence-electron chi connectivity index (χ2n) is 11.5. The fraction of sp³-hybridized carbons (Fsp3) is 0.111. The molecule has 2 atom stereocenters. The van der Waals surface area contributed by atoms with Gasteiger partial charge >= 0.3 is 6.85 Å². The van der Waals surface area contributed by atoms with Gasteiger partial charge in [0.1, 0.15) is 0 Å². The number of hydrogen-bond acceptors (Lipinski definition) is 2. The number of nitrogens with zero attached hydrogens (tertiary/aromatic N) is 2. The van der Waals surface area contributed by atoms with Crippen LogP contribution in [0, 0.1) is 0 Å². The second kappa shape index (κ2) is 8.53. The molecule has 9 rings (SSSR count). The third-order valence-corrected chi connectivity index (χ3v) is 9.64. The van der Waals surface area contributed by atoms with Crippen molar-refractivity contribution in [2.45, 2.75) is 24.7 Å². The zero-order chi connectivity index (χ0) is 26.2. The van der Waals surface area contributed by atoms with Crippen molar-refractivity contribution in [2.24, 2.45) is 0 Å². The molecule has 1 fully saturated rings. The van der Waals surface area contributed by atoms with Gasteiger partial charge in [-0.2, -0.15) is 0 Å². The van der Waals surface area contributed by atoms with Crippen LogP contribution in [0.2, 0.25) is 5.82 Å². The molecule has 0 aromatic heterocycles. The molecule has 2 unspecified atom stereocenters. The molecule has 2 aliphatic carbocycles. The molecule has 40 heavy (non-hydrogen) atoms. The monoisotopic (exact) mass is 510 g/mol. The highest BCUT2D eigenvalue weighted by Crippen LogP contribution is 2.54. The summed E-state index contributed by atoms with van der Waals surface area (Å²) in [6.45, 7) is 0.442. The van der Waals surface area contributed by atoms with E-state index < -0.39 is 0 Å². The maximum atomic E-state index is 2.76. The molecule has 5 aliphatic rings. The van der Waals surface area contributed by atoms with Gasteiger partial charge in [-0.3, -0.25) is 0 Å². The minimum atomic E-state index is 0.174. The van der Waals surface area contributed by atoms with Gasteiger partial charge in [0.25, 0.3) is 6.85 Å². The molecule has 0 spiro atoms. The first kappa shape index (κ1) is 22.4. The molecular formula is C36H28B2N2. The van der Waals surface area contributed by atoms with Crippen LogP contribution < -0.4 is 20.5 Å². The molecule has 1 saturated heterocycles. The maximum Gasteiger partial charge on any atom is 0.329 e. The summed E-state index contributed by atoms with van der Waals surface area (Å²) < 4.78 is 0. The third-order valence-electron chi connectivity index (χ3n) is 9.64. The Balaban J connectivity index is 1.36. The first-order valence-corrected chi connectivity index (χ1v) is 14.6. The average Bonchev–Trinajstić information content (AvgIpc) is 3.04. The van der Waals surface area contributed by atoms with Crippen molar-refractivity contribution in [3.63, 3.8) is 0 Å². The van der Waals surface area contributed by atoms with Gasteiger partial charge in [-0.05, 0) is 70.6 Å². The maximum absolute atomic E-state index is 2.76. The zero-order valence-electron chi connectivity index (χ0n) is 22.3. The van der Waals surface area contributed by atoms with Crippen LogP contribution in [-0.4, -0.2) is 19.7 Å². The molecule has 0 saturated carbocycles. The van der Waals surface area contributed by atoms with Gasteiger partial charge < -0.3 is 9.62 Å². The average molecular weight is 510 g/mol. The molecular weight excluding hydrogens is 482 g/mol. The van der Waals surface area contributed by atoms with E-state index in [0.717, 1.165) is 12.8 Å². The van der Waals surface area contributed by atoms with E-state index in [-0.39, 0.29) is 13.7 Å². The lowest BCUT2D eigenvalue weighted by atomic mass is 9.34. The first-order valence-electron chi connectivity index (χ1n) is 14.6. The van der Waals surface area contributed by atoms with Crippen LogP contribution in [0.1, 0.15) is 12.8 Å². The summed E-state index contributed by atoms with van der Waals surface area (Å²) in [6.07, 6.45) is 11.8. The van der Waals surface area contributed by atoms with Gasteiger partial charge in [0.15, 0.2) is 0 Å². The second-order valence-corrected chi connectivity index (χ2v) is 11.5. The number of anilines is 2. The van der Waals surface area contributed by atoms with Crippen molar-refractivity contribution in [1.82, 2.24) is 0 Å². The Hall–Kier alpha value is -4.43. The van der Waals surface area contributed by atoms with E-state index in [0.29, 0.717) is 11.9 Å². The van der Waals surface area contributed by atoms with Crippen LogP contribution >= 0.6 is 0 Å². The fourth-order valence-electron chi connectivity index (χ4n) is 8.23. The van der Waals surface area contributed by atoms with E-state index in [4.69, 9.17) is 0 Å². The molecule has 4 aromatic carbocycles. The Morgan fingerprint density at radius 3 is 2.17 bits per heavy atom. The van der Waals surface area contributed by atoms with E-state index in [2.05, 4.69) is 143 Å². The highest BCUT2D eigenvalue weighted by Gasteiger charge is 2.54. The van der Waals surface area contributed by atoms with Gasteiger partial charge in [0.05, 0.1) is 0 Å². The Morgan fingerprint density at radius 1 is 0.625 bits per heavy atom. The van der Waals surface area contributed by atoms with E-state index in [9.17, 15) is 0 Å². The van der Waals surface area contributed by atoms with E-state index >= 15 is 0 Å². The third kappa shape index (κ3) is 2.97. The van der Waals surface area contributed by atoms with Crippen molar-refractivity contribution < 1.29 is 0 Å². The lowest BCUT2D eigenvalue weighted by molar-refractivity contribution is 0.701. The number of hydrogen-bond donors (Lipinski definition) is 0. The number of fused-ring (bicyclic) bond motifs is 8. The summed E-state index contributed by atoms with van der Waals surface area (Å²) in [5.41, 5.74) is 14.2. The van der Waals surface area contributed by atoms with Crippen LogP contribution in [0.15, 0.2) is 156 Å². The van der Waals surface area contributed by atoms with Crippen LogP contribution in [0.25, 0.3) is 11.1 Å². The molecule has 4 heteroatoms. The molecule has 3 aliphatic heterocycles. The topological polar surface area (TPSA) is 6.48 Å². The summed E-state index contributed by atoms with van der Waals surface area (Å²) >= 11 is 0. The van der Waals surface area contributed by atoms with Gasteiger partial charge in [0.2, 0.25) is 0 Å². The largest absolute Gasteiger partial charge is 0.403 e. The smallest absolute Gasteiger partial charge is 0.329 e. The van der Waals surface area contributed by atoms with Crippen LogP contribution in [0.3, 0.4) is 0 Å². The van der Waals surface area contributed by atoms with Crippen molar-refractivity contribution in [2.75, 3.05) is 9.62 Å². The summed E-state index contributed by atoms with van der Waals surface area (Å²) in [6, 6.07) is 40.8. The number of allylic oxidation sites excluding steroid dienone is 4. The quantitative estimate of drug-likeness (QED) is 0.282. The van der Waals surface area contributed by atoms with Gasteiger partial charge in [-0.15, -0.1) is 0 Å². The predicted octanol–water partition coefficient (Wildman–Crippen LogP) is 6.55. The zero-order valence-corrected chi connectivity index (χ0v) is 22.3. The Labute approximate surface area is 236 Å². The number of benzene rings is 4. The number of para-hydroxylation sites is 2. The van der Waals surface area contributed by atoms with Crippen molar-refractivity contribution >= 4 is 36.0 Å². The first-order chi connectivity index (χ1) is 19.9. The molecule has 0 N–H and O–H groups in total. The van der Waals surface area contributed by atoms with Gasteiger partial charge in [-0.1, -0.05) is 115 Å². The summed E-state index contributed by atoms with van der Waals surface area (Å²) in [7, 11) is 0. The van der Waals surface area contributed by atoms with Crippen LogP contribution in [0.4, 0.5) is 11.4 Å². The molecule has 188 valence electrons. The minimum absolute atomic E-state index is 0.174. The standard InChI is InChI=1S/C36H28B2N2/c1-3-13-25(14-4-1)37-30-20-11-24-34-35(30)36-31(21-12-23-33(36)39(37)26-15-5-2-6-16-26)38-29-19-9-7-17-27(29)28-18-8-10-22-32(28)40(34)38/h1-19,21-22,24,30,33H,20,23H2. The van der Waals surface area contributed by atoms with Gasteiger partial charge in [0, 0.05) is 28.7 Å². The highest BCUT2D eigenvalue weighted by atomic mass is 15.1.